The van der Waals surface area contributed by atoms with Gasteiger partial charge in [0.2, 0.25) is 0 Å². The van der Waals surface area contributed by atoms with E-state index in [1.54, 1.807) is 6.20 Å². The Kier molecular flexibility index (Phi) is 5.12. The molecule has 0 aliphatic heterocycles. The van der Waals surface area contributed by atoms with Crippen LogP contribution < -0.4 is 11.3 Å². The molecule has 1 heterocycles. The molecule has 0 radical (unpaired) electrons. The zero-order chi connectivity index (χ0) is 14.5. The van der Waals surface area contributed by atoms with E-state index in [1.165, 1.54) is 11.1 Å². The van der Waals surface area contributed by atoms with Gasteiger partial charge >= 0.3 is 0 Å². The summed E-state index contributed by atoms with van der Waals surface area (Å²) in [6, 6.07) is 12.5. The smallest absolute Gasteiger partial charge is 0.129 e. The molecular weight excluding hydrogens is 270 g/mol. The van der Waals surface area contributed by atoms with Gasteiger partial charge in [0.05, 0.1) is 6.04 Å². The van der Waals surface area contributed by atoms with Crippen LogP contribution in [0.4, 0.5) is 0 Å². The van der Waals surface area contributed by atoms with Crippen molar-refractivity contribution in [3.05, 3.63) is 64.4 Å². The van der Waals surface area contributed by atoms with Gasteiger partial charge in [0, 0.05) is 6.20 Å². The molecule has 3 N–H and O–H groups in total. The van der Waals surface area contributed by atoms with Gasteiger partial charge in [0.25, 0.3) is 0 Å². The van der Waals surface area contributed by atoms with Crippen LogP contribution in [-0.2, 0) is 6.42 Å². The number of hydrogen-bond acceptors (Lipinski definition) is 3. The number of pyridine rings is 1. The molecule has 2 rings (SSSR count). The number of halogens is 1. The third-order valence-corrected chi connectivity index (χ3v) is 3.65. The SMILES string of the molecule is CC(C)c1ccc(CC(NN)c2ccnc(Cl)c2)cc1. The van der Waals surface area contributed by atoms with Crippen molar-refractivity contribution >= 4 is 11.6 Å². The zero-order valence-electron chi connectivity index (χ0n) is 11.8. The second-order valence-corrected chi connectivity index (χ2v) is 5.62. The molecule has 0 aliphatic rings. The van der Waals surface area contributed by atoms with Crippen LogP contribution in [0.5, 0.6) is 0 Å². The number of hydrogen-bond donors (Lipinski definition) is 2. The minimum absolute atomic E-state index is 0.0281. The molecule has 3 nitrogen and oxygen atoms in total. The van der Waals surface area contributed by atoms with E-state index in [9.17, 15) is 0 Å². The van der Waals surface area contributed by atoms with Crippen molar-refractivity contribution in [2.45, 2.75) is 32.2 Å². The van der Waals surface area contributed by atoms with Gasteiger partial charge in [-0.2, -0.15) is 0 Å². The number of nitrogens with zero attached hydrogens (tertiary/aromatic N) is 1. The molecule has 2 aromatic rings. The van der Waals surface area contributed by atoms with E-state index in [1.807, 2.05) is 12.1 Å². The van der Waals surface area contributed by atoms with Crippen molar-refractivity contribution in [1.82, 2.24) is 10.4 Å². The maximum absolute atomic E-state index is 5.92. The first kappa shape index (κ1) is 15.0. The summed E-state index contributed by atoms with van der Waals surface area (Å²) < 4.78 is 0. The molecule has 1 atom stereocenters. The van der Waals surface area contributed by atoms with Gasteiger partial charge in [-0.1, -0.05) is 49.7 Å². The highest BCUT2D eigenvalue weighted by molar-refractivity contribution is 6.29. The lowest BCUT2D eigenvalue weighted by Gasteiger charge is -2.17. The Labute approximate surface area is 125 Å². The molecule has 20 heavy (non-hydrogen) atoms. The summed E-state index contributed by atoms with van der Waals surface area (Å²) in [6.45, 7) is 4.39. The second kappa shape index (κ2) is 6.84. The van der Waals surface area contributed by atoms with E-state index >= 15 is 0 Å². The molecular formula is C16H20ClN3. The van der Waals surface area contributed by atoms with Gasteiger partial charge in [-0.3, -0.25) is 11.3 Å². The summed E-state index contributed by atoms with van der Waals surface area (Å²) in [5, 5.41) is 0.484. The fourth-order valence-electron chi connectivity index (χ4n) is 2.18. The summed E-state index contributed by atoms with van der Waals surface area (Å²) in [5.41, 5.74) is 6.47. The number of rotatable bonds is 5. The van der Waals surface area contributed by atoms with Crippen LogP contribution in [-0.4, -0.2) is 4.98 Å². The van der Waals surface area contributed by atoms with E-state index in [-0.39, 0.29) is 6.04 Å². The molecule has 106 valence electrons. The lowest BCUT2D eigenvalue weighted by atomic mass is 9.97. The molecule has 0 saturated heterocycles. The van der Waals surface area contributed by atoms with Gasteiger partial charge in [-0.05, 0) is 41.2 Å². The fourth-order valence-corrected chi connectivity index (χ4v) is 2.36. The Balaban J connectivity index is 2.14. The van der Waals surface area contributed by atoms with Crippen molar-refractivity contribution in [2.24, 2.45) is 5.84 Å². The molecule has 1 unspecified atom stereocenters. The number of nitrogens with one attached hydrogen (secondary N) is 1. The summed E-state index contributed by atoms with van der Waals surface area (Å²) in [4.78, 5) is 3.99. The third kappa shape index (κ3) is 3.79. The van der Waals surface area contributed by atoms with Crippen molar-refractivity contribution in [2.75, 3.05) is 0 Å². The molecule has 0 amide bonds. The van der Waals surface area contributed by atoms with Gasteiger partial charge in [0.1, 0.15) is 5.15 Å². The summed E-state index contributed by atoms with van der Waals surface area (Å²) in [5.74, 6) is 6.22. The standard InChI is InChI=1S/C16H20ClN3/c1-11(2)13-5-3-12(4-6-13)9-15(20-18)14-7-8-19-16(17)10-14/h3-8,10-11,15,20H,9,18H2,1-2H3. The lowest BCUT2D eigenvalue weighted by Crippen LogP contribution is -2.29. The minimum atomic E-state index is 0.0281. The van der Waals surface area contributed by atoms with Crippen molar-refractivity contribution in [3.8, 4) is 0 Å². The maximum atomic E-state index is 5.92. The first-order valence-electron chi connectivity index (χ1n) is 6.76. The van der Waals surface area contributed by atoms with Crippen LogP contribution in [0, 0.1) is 0 Å². The molecule has 1 aromatic heterocycles. The number of hydrazine groups is 1. The summed E-state index contributed by atoms with van der Waals surface area (Å²) in [6.07, 6.45) is 2.51. The van der Waals surface area contributed by atoms with E-state index < -0.39 is 0 Å². The van der Waals surface area contributed by atoms with E-state index in [0.29, 0.717) is 11.1 Å². The molecule has 0 saturated carbocycles. The average molecular weight is 290 g/mol. The normalized spacial score (nSPS) is 12.7. The van der Waals surface area contributed by atoms with Crippen molar-refractivity contribution in [3.63, 3.8) is 0 Å². The van der Waals surface area contributed by atoms with Crippen LogP contribution in [0.15, 0.2) is 42.6 Å². The Morgan fingerprint density at radius 1 is 1.15 bits per heavy atom. The second-order valence-electron chi connectivity index (χ2n) is 5.23. The number of aromatic nitrogens is 1. The number of benzene rings is 1. The maximum Gasteiger partial charge on any atom is 0.129 e. The van der Waals surface area contributed by atoms with E-state index in [4.69, 9.17) is 17.4 Å². The molecule has 4 heteroatoms. The van der Waals surface area contributed by atoms with Crippen LogP contribution >= 0.6 is 11.6 Å². The first-order chi connectivity index (χ1) is 9.60. The highest BCUT2D eigenvalue weighted by atomic mass is 35.5. The van der Waals surface area contributed by atoms with Crippen LogP contribution in [0.1, 0.15) is 42.5 Å². The molecule has 0 bridgehead atoms. The quantitative estimate of drug-likeness (QED) is 0.502. The van der Waals surface area contributed by atoms with E-state index in [0.717, 1.165) is 12.0 Å². The Hall–Kier alpha value is -1.42. The lowest BCUT2D eigenvalue weighted by molar-refractivity contribution is 0.551. The predicted molar refractivity (Wildman–Crippen MR) is 83.5 cm³/mol. The Morgan fingerprint density at radius 3 is 2.40 bits per heavy atom. The number of nitrogens with two attached hydrogens (primary N) is 1. The van der Waals surface area contributed by atoms with Gasteiger partial charge < -0.3 is 0 Å². The van der Waals surface area contributed by atoms with Gasteiger partial charge in [0.15, 0.2) is 0 Å². The van der Waals surface area contributed by atoms with Gasteiger partial charge in [-0.25, -0.2) is 4.98 Å². The monoisotopic (exact) mass is 289 g/mol. The van der Waals surface area contributed by atoms with Crippen LogP contribution in [0.2, 0.25) is 5.15 Å². The summed E-state index contributed by atoms with van der Waals surface area (Å²) in [7, 11) is 0. The zero-order valence-corrected chi connectivity index (χ0v) is 12.6. The minimum Gasteiger partial charge on any atom is -0.271 e. The third-order valence-electron chi connectivity index (χ3n) is 3.44. The molecule has 0 aliphatic carbocycles. The molecule has 0 fully saturated rings. The molecule has 0 spiro atoms. The highest BCUT2D eigenvalue weighted by Crippen LogP contribution is 2.21. The predicted octanol–water partition coefficient (Wildman–Crippen LogP) is 3.61. The average Bonchev–Trinajstić information content (AvgIpc) is 2.45. The Bertz CT molecular complexity index is 552. The van der Waals surface area contributed by atoms with Crippen molar-refractivity contribution in [1.29, 1.82) is 0 Å². The first-order valence-corrected chi connectivity index (χ1v) is 7.14. The fraction of sp³-hybridized carbons (Fsp3) is 0.312. The summed E-state index contributed by atoms with van der Waals surface area (Å²) >= 11 is 5.92. The van der Waals surface area contributed by atoms with E-state index in [2.05, 4.69) is 48.5 Å². The van der Waals surface area contributed by atoms with Gasteiger partial charge in [-0.15, -0.1) is 0 Å². The topological polar surface area (TPSA) is 50.9 Å². The van der Waals surface area contributed by atoms with Crippen LogP contribution in [0.3, 0.4) is 0 Å². The molecule has 1 aromatic carbocycles. The largest absolute Gasteiger partial charge is 0.271 e. The van der Waals surface area contributed by atoms with Crippen LogP contribution in [0.25, 0.3) is 0 Å². The highest BCUT2D eigenvalue weighted by Gasteiger charge is 2.11. The Morgan fingerprint density at radius 2 is 1.85 bits per heavy atom. The van der Waals surface area contributed by atoms with Crippen molar-refractivity contribution < 1.29 is 0 Å².